The third-order valence-corrected chi connectivity index (χ3v) is 4.40. The summed E-state index contributed by atoms with van der Waals surface area (Å²) in [6.07, 6.45) is -2.84. The number of hydrogen-bond donors (Lipinski definition) is 10. The number of amides is 4. The molecule has 0 aliphatic rings. The molecule has 5 atom stereocenters. The fraction of sp³-hybridized carbons (Fsp3) is 0.611. The molecule has 0 radical (unpaired) electrons. The number of nitrogens with two attached hydrogens (primary N) is 4. The summed E-state index contributed by atoms with van der Waals surface area (Å²) in [6, 6.07) is -6.37. The minimum Gasteiger partial charge on any atom is -0.481 e. The number of nitrogens with one attached hydrogen (secondary N) is 3. The van der Waals surface area contributed by atoms with Crippen molar-refractivity contribution >= 4 is 41.5 Å². The van der Waals surface area contributed by atoms with E-state index in [0.717, 1.165) is 6.92 Å². The number of aliphatic carboxylic acids is 2. The molecule has 0 saturated heterocycles. The molecule has 0 saturated carbocycles. The van der Waals surface area contributed by atoms with Gasteiger partial charge in [-0.05, 0) is 19.8 Å². The van der Waals surface area contributed by atoms with E-state index >= 15 is 0 Å². The number of guanidine groups is 1. The zero-order valence-electron chi connectivity index (χ0n) is 19.0. The van der Waals surface area contributed by atoms with Gasteiger partial charge in [0.1, 0.15) is 12.1 Å². The normalized spacial score (nSPS) is 14.8. The average molecular weight is 505 g/mol. The van der Waals surface area contributed by atoms with E-state index in [2.05, 4.69) is 15.6 Å². The lowest BCUT2D eigenvalue weighted by atomic mass is 10.1. The largest absolute Gasteiger partial charge is 0.481 e. The molecule has 0 aliphatic carbocycles. The predicted molar refractivity (Wildman–Crippen MR) is 119 cm³/mol. The fourth-order valence-corrected chi connectivity index (χ4v) is 2.64. The van der Waals surface area contributed by atoms with E-state index in [1.807, 2.05) is 5.32 Å². The van der Waals surface area contributed by atoms with Gasteiger partial charge in [0, 0.05) is 6.54 Å². The van der Waals surface area contributed by atoms with Crippen molar-refractivity contribution in [2.24, 2.45) is 27.9 Å². The molecule has 0 heterocycles. The van der Waals surface area contributed by atoms with Crippen molar-refractivity contribution in [1.82, 2.24) is 16.0 Å². The second-order valence-corrected chi connectivity index (χ2v) is 7.51. The smallest absolute Gasteiger partial charge is 0.328 e. The first-order valence-electron chi connectivity index (χ1n) is 10.3. The Morgan fingerprint density at radius 2 is 1.37 bits per heavy atom. The van der Waals surface area contributed by atoms with E-state index in [-0.39, 0.29) is 18.9 Å². The van der Waals surface area contributed by atoms with Gasteiger partial charge in [0.05, 0.1) is 25.0 Å². The number of carboxylic acids is 2. The van der Waals surface area contributed by atoms with Crippen LogP contribution in [0.5, 0.6) is 0 Å². The Morgan fingerprint density at radius 3 is 1.83 bits per heavy atom. The van der Waals surface area contributed by atoms with Gasteiger partial charge in [-0.3, -0.25) is 29.0 Å². The molecule has 14 N–H and O–H groups in total. The summed E-state index contributed by atoms with van der Waals surface area (Å²) >= 11 is 0. The number of aliphatic imine (C=N–C) groups is 1. The third kappa shape index (κ3) is 12.7. The maximum Gasteiger partial charge on any atom is 0.328 e. The molecule has 0 fully saturated rings. The average Bonchev–Trinajstić information content (AvgIpc) is 2.72. The van der Waals surface area contributed by atoms with Gasteiger partial charge >= 0.3 is 11.9 Å². The van der Waals surface area contributed by atoms with Crippen LogP contribution in [0.2, 0.25) is 0 Å². The quantitative estimate of drug-likeness (QED) is 0.0535. The molecule has 17 heteroatoms. The van der Waals surface area contributed by atoms with Gasteiger partial charge in [-0.15, -0.1) is 0 Å². The Balaban J connectivity index is 5.43. The molecule has 17 nitrogen and oxygen atoms in total. The Labute approximate surface area is 199 Å². The summed E-state index contributed by atoms with van der Waals surface area (Å²) in [5, 5.41) is 33.8. The first kappa shape index (κ1) is 31.0. The van der Waals surface area contributed by atoms with Gasteiger partial charge in [-0.1, -0.05) is 0 Å². The number of nitrogens with zero attached hydrogens (tertiary/aromatic N) is 1. The molecule has 0 spiro atoms. The lowest BCUT2D eigenvalue weighted by Crippen LogP contribution is -2.59. The molecule has 4 amide bonds. The summed E-state index contributed by atoms with van der Waals surface area (Å²) in [7, 11) is 0. The number of aliphatic hydroxyl groups excluding tert-OH is 1. The number of rotatable bonds is 16. The van der Waals surface area contributed by atoms with Gasteiger partial charge in [0.2, 0.25) is 23.6 Å². The summed E-state index contributed by atoms with van der Waals surface area (Å²) in [6.45, 7) is 1.26. The van der Waals surface area contributed by atoms with E-state index in [9.17, 15) is 33.9 Å². The number of primary amides is 1. The van der Waals surface area contributed by atoms with Crippen LogP contribution in [-0.4, -0.2) is 93.7 Å². The van der Waals surface area contributed by atoms with E-state index in [4.69, 9.17) is 33.1 Å². The van der Waals surface area contributed by atoms with Gasteiger partial charge in [-0.2, -0.15) is 0 Å². The van der Waals surface area contributed by atoms with E-state index < -0.39 is 78.7 Å². The summed E-state index contributed by atoms with van der Waals surface area (Å²) in [5.41, 5.74) is 21.2. The monoisotopic (exact) mass is 504 g/mol. The Hall–Kier alpha value is -3.99. The van der Waals surface area contributed by atoms with Crippen molar-refractivity contribution in [3.05, 3.63) is 0 Å². The van der Waals surface area contributed by atoms with Crippen LogP contribution in [0.15, 0.2) is 4.99 Å². The summed E-state index contributed by atoms with van der Waals surface area (Å²) in [4.78, 5) is 74.9. The summed E-state index contributed by atoms with van der Waals surface area (Å²) in [5.74, 6) is -7.55. The Bertz CT molecular complexity index is 829. The standard InChI is InChI=1S/C18H32N8O9/c1-7(27)13(17(34)35)26-16(33)9(5-11(20)28)25-15(32)10(6-12(29)30)24-14(31)8(19)3-2-4-23-18(21)22/h7-10,13,27H,2-6,19H2,1H3,(H2,20,28)(H,24,31)(H,25,32)(H,26,33)(H,29,30)(H,34,35)(H4,21,22,23). The number of carboxylic acid groups (broad SMARTS) is 2. The highest BCUT2D eigenvalue weighted by Gasteiger charge is 2.33. The van der Waals surface area contributed by atoms with Crippen molar-refractivity contribution in [3.63, 3.8) is 0 Å². The number of hydrogen-bond acceptors (Lipinski definition) is 9. The molecule has 0 rings (SSSR count). The van der Waals surface area contributed by atoms with Crippen LogP contribution in [0.3, 0.4) is 0 Å². The SMILES string of the molecule is CC(O)C(NC(=O)C(CC(N)=O)NC(=O)C(CC(=O)O)NC(=O)C(N)CCCN=C(N)N)C(=O)O. The van der Waals surface area contributed by atoms with Crippen molar-refractivity contribution in [2.75, 3.05) is 6.54 Å². The van der Waals surface area contributed by atoms with Crippen LogP contribution < -0.4 is 38.9 Å². The lowest BCUT2D eigenvalue weighted by molar-refractivity contribution is -0.145. The van der Waals surface area contributed by atoms with Gasteiger partial charge in [-0.25, -0.2) is 4.79 Å². The molecule has 0 aromatic rings. The van der Waals surface area contributed by atoms with E-state index in [0.29, 0.717) is 6.42 Å². The van der Waals surface area contributed by atoms with Gasteiger partial charge in [0.15, 0.2) is 12.0 Å². The maximum absolute atomic E-state index is 12.6. The van der Waals surface area contributed by atoms with Crippen molar-refractivity contribution in [1.29, 1.82) is 0 Å². The molecule has 35 heavy (non-hydrogen) atoms. The number of carbonyl (C=O) groups excluding carboxylic acids is 4. The minimum absolute atomic E-state index is 0.0899. The third-order valence-electron chi connectivity index (χ3n) is 4.40. The topological polar surface area (TPSA) is 316 Å². The van der Waals surface area contributed by atoms with Crippen LogP contribution >= 0.6 is 0 Å². The number of carbonyl (C=O) groups is 6. The molecule has 198 valence electrons. The molecule has 0 aromatic heterocycles. The van der Waals surface area contributed by atoms with Gasteiger partial charge < -0.3 is 54.2 Å². The highest BCUT2D eigenvalue weighted by atomic mass is 16.4. The van der Waals surface area contributed by atoms with Crippen LogP contribution in [0.25, 0.3) is 0 Å². The van der Waals surface area contributed by atoms with Crippen molar-refractivity contribution in [3.8, 4) is 0 Å². The van der Waals surface area contributed by atoms with Crippen LogP contribution in [0, 0.1) is 0 Å². The van der Waals surface area contributed by atoms with Crippen molar-refractivity contribution in [2.45, 2.75) is 62.9 Å². The van der Waals surface area contributed by atoms with Gasteiger partial charge in [0.25, 0.3) is 0 Å². The number of aliphatic hydroxyl groups is 1. The van der Waals surface area contributed by atoms with E-state index in [1.54, 1.807) is 0 Å². The molecule has 0 aliphatic heterocycles. The van der Waals surface area contributed by atoms with E-state index in [1.165, 1.54) is 0 Å². The fourth-order valence-electron chi connectivity index (χ4n) is 2.64. The van der Waals surface area contributed by atoms with Crippen molar-refractivity contribution < 1.29 is 44.1 Å². The first-order chi connectivity index (χ1) is 16.1. The molecule has 5 unspecified atom stereocenters. The predicted octanol–water partition coefficient (Wildman–Crippen LogP) is -5.36. The molecular formula is C18H32N8O9. The van der Waals surface area contributed by atoms with Crippen LogP contribution in [0.4, 0.5) is 0 Å². The van der Waals surface area contributed by atoms with Crippen LogP contribution in [0.1, 0.15) is 32.6 Å². The molecule has 0 aromatic carbocycles. The highest BCUT2D eigenvalue weighted by Crippen LogP contribution is 2.03. The highest BCUT2D eigenvalue weighted by molar-refractivity contribution is 5.97. The zero-order chi connectivity index (χ0) is 27.3. The first-order valence-corrected chi connectivity index (χ1v) is 10.3. The Kier molecular flexibility index (Phi) is 13.3. The van der Waals surface area contributed by atoms with Crippen LogP contribution in [-0.2, 0) is 28.8 Å². The molecule has 0 bridgehead atoms. The second kappa shape index (κ2) is 15.0. The summed E-state index contributed by atoms with van der Waals surface area (Å²) < 4.78 is 0. The minimum atomic E-state index is -1.78. The lowest BCUT2D eigenvalue weighted by Gasteiger charge is -2.24. The maximum atomic E-state index is 12.6. The Morgan fingerprint density at radius 1 is 0.857 bits per heavy atom. The second-order valence-electron chi connectivity index (χ2n) is 7.51. The molecular weight excluding hydrogens is 472 g/mol. The zero-order valence-corrected chi connectivity index (χ0v) is 19.0.